The molecule has 0 fully saturated rings. The van der Waals surface area contributed by atoms with Crippen molar-refractivity contribution in [1.82, 2.24) is 5.32 Å². The molecule has 1 unspecified atom stereocenters. The molecule has 2 aromatic rings. The normalized spacial score (nSPS) is 11.7. The van der Waals surface area contributed by atoms with Crippen molar-refractivity contribution in [2.45, 2.75) is 13.0 Å². The Hall–Kier alpha value is -2.34. The van der Waals surface area contributed by atoms with Gasteiger partial charge in [0.2, 0.25) is 0 Å². The van der Waals surface area contributed by atoms with Crippen molar-refractivity contribution in [2.75, 3.05) is 6.61 Å². The Morgan fingerprint density at radius 2 is 2.05 bits per heavy atom. The molecule has 1 aromatic carbocycles. The Bertz CT molecular complexity index is 624. The van der Waals surface area contributed by atoms with E-state index >= 15 is 0 Å². The van der Waals surface area contributed by atoms with Gasteiger partial charge in [0.05, 0.1) is 6.04 Å². The molecule has 0 saturated heterocycles. The first-order chi connectivity index (χ1) is 10.1. The van der Waals surface area contributed by atoms with Crippen LogP contribution in [0.25, 0.3) is 0 Å². The van der Waals surface area contributed by atoms with Crippen molar-refractivity contribution in [3.63, 3.8) is 0 Å². The van der Waals surface area contributed by atoms with E-state index in [0.717, 1.165) is 16.9 Å². The molecule has 1 amide bonds. The Morgan fingerprint density at radius 1 is 1.33 bits per heavy atom. The molecule has 1 aromatic heterocycles. The maximum atomic E-state index is 11.8. The maximum Gasteiger partial charge on any atom is 0.346 e. The highest BCUT2D eigenvalue weighted by atomic mass is 32.1. The minimum atomic E-state index is -1.00. The molecule has 2 rings (SSSR count). The first-order valence-corrected chi connectivity index (χ1v) is 7.23. The summed E-state index contributed by atoms with van der Waals surface area (Å²) in [7, 11) is 0. The Morgan fingerprint density at radius 3 is 2.67 bits per heavy atom. The van der Waals surface area contributed by atoms with Gasteiger partial charge in [0.1, 0.15) is 10.6 Å². The molecular formula is C15H15NO4S. The minimum Gasteiger partial charge on any atom is -0.483 e. The fraction of sp³-hybridized carbons (Fsp3) is 0.200. The number of aromatic carboxylic acids is 1. The summed E-state index contributed by atoms with van der Waals surface area (Å²) in [5.74, 6) is -0.869. The fourth-order valence-corrected chi connectivity index (χ4v) is 2.43. The number of carboxylic acids is 1. The SMILES string of the molecule is CC(NC(=O)COc1csc(C(=O)O)c1)c1ccccc1. The quantitative estimate of drug-likeness (QED) is 0.860. The molecule has 6 heteroatoms. The van der Waals surface area contributed by atoms with Crippen LogP contribution in [0.4, 0.5) is 0 Å². The molecule has 0 bridgehead atoms. The Labute approximate surface area is 126 Å². The van der Waals surface area contributed by atoms with Crippen LogP contribution in [0.5, 0.6) is 5.75 Å². The summed E-state index contributed by atoms with van der Waals surface area (Å²) < 4.78 is 5.27. The zero-order chi connectivity index (χ0) is 15.2. The summed E-state index contributed by atoms with van der Waals surface area (Å²) in [5, 5.41) is 13.2. The summed E-state index contributed by atoms with van der Waals surface area (Å²) in [6.07, 6.45) is 0. The average Bonchev–Trinajstić information content (AvgIpc) is 2.95. The zero-order valence-electron chi connectivity index (χ0n) is 11.4. The van der Waals surface area contributed by atoms with E-state index in [1.165, 1.54) is 6.07 Å². The Kier molecular flexibility index (Phi) is 4.94. The number of thiophene rings is 1. The van der Waals surface area contributed by atoms with E-state index in [1.54, 1.807) is 5.38 Å². The van der Waals surface area contributed by atoms with E-state index in [-0.39, 0.29) is 23.4 Å². The van der Waals surface area contributed by atoms with Crippen LogP contribution in [-0.2, 0) is 4.79 Å². The van der Waals surface area contributed by atoms with Gasteiger partial charge in [0.25, 0.3) is 5.91 Å². The summed E-state index contributed by atoms with van der Waals surface area (Å²) in [6, 6.07) is 10.9. The number of hydrogen-bond donors (Lipinski definition) is 2. The molecule has 110 valence electrons. The Balaban J connectivity index is 1.83. The number of hydrogen-bond acceptors (Lipinski definition) is 4. The van der Waals surface area contributed by atoms with E-state index in [4.69, 9.17) is 9.84 Å². The van der Waals surface area contributed by atoms with Crippen molar-refractivity contribution < 1.29 is 19.4 Å². The smallest absolute Gasteiger partial charge is 0.346 e. The van der Waals surface area contributed by atoms with Gasteiger partial charge >= 0.3 is 5.97 Å². The van der Waals surface area contributed by atoms with Crippen LogP contribution in [0.15, 0.2) is 41.8 Å². The number of carbonyl (C=O) groups excluding carboxylic acids is 1. The second-order valence-electron chi connectivity index (χ2n) is 4.44. The molecule has 1 heterocycles. The van der Waals surface area contributed by atoms with Gasteiger partial charge in [-0.05, 0) is 12.5 Å². The fourth-order valence-electron chi connectivity index (χ4n) is 1.76. The molecule has 0 spiro atoms. The molecule has 2 N–H and O–H groups in total. The number of amides is 1. The molecule has 0 radical (unpaired) electrons. The largest absolute Gasteiger partial charge is 0.483 e. The van der Waals surface area contributed by atoms with E-state index in [2.05, 4.69) is 5.32 Å². The molecular weight excluding hydrogens is 290 g/mol. The molecule has 0 aliphatic carbocycles. The number of nitrogens with one attached hydrogen (secondary N) is 1. The molecule has 21 heavy (non-hydrogen) atoms. The lowest BCUT2D eigenvalue weighted by atomic mass is 10.1. The van der Waals surface area contributed by atoms with Gasteiger partial charge in [0, 0.05) is 11.4 Å². The van der Waals surface area contributed by atoms with Crippen molar-refractivity contribution in [1.29, 1.82) is 0 Å². The number of benzene rings is 1. The van der Waals surface area contributed by atoms with Crippen LogP contribution in [0.2, 0.25) is 0 Å². The maximum absolute atomic E-state index is 11.8. The van der Waals surface area contributed by atoms with Gasteiger partial charge in [0.15, 0.2) is 6.61 Å². The van der Waals surface area contributed by atoms with Gasteiger partial charge in [-0.15, -0.1) is 11.3 Å². The summed E-state index contributed by atoms with van der Waals surface area (Å²) in [4.78, 5) is 22.7. The molecule has 0 aliphatic rings. The highest BCUT2D eigenvalue weighted by Crippen LogP contribution is 2.21. The summed E-state index contributed by atoms with van der Waals surface area (Å²) in [6.45, 7) is 1.74. The predicted octanol–water partition coefficient (Wildman–Crippen LogP) is 2.70. The monoisotopic (exact) mass is 305 g/mol. The lowest BCUT2D eigenvalue weighted by Crippen LogP contribution is -2.31. The van der Waals surface area contributed by atoms with Crippen molar-refractivity contribution >= 4 is 23.2 Å². The van der Waals surface area contributed by atoms with Crippen LogP contribution in [-0.4, -0.2) is 23.6 Å². The lowest BCUT2D eigenvalue weighted by molar-refractivity contribution is -0.123. The van der Waals surface area contributed by atoms with Crippen molar-refractivity contribution in [2.24, 2.45) is 0 Å². The third-order valence-corrected chi connectivity index (χ3v) is 3.73. The van der Waals surface area contributed by atoms with Crippen molar-refractivity contribution in [3.8, 4) is 5.75 Å². The molecule has 0 saturated carbocycles. The molecule has 1 atom stereocenters. The number of carbonyl (C=O) groups is 2. The van der Waals surface area contributed by atoms with E-state index < -0.39 is 5.97 Å². The highest BCUT2D eigenvalue weighted by molar-refractivity contribution is 7.12. The average molecular weight is 305 g/mol. The minimum absolute atomic E-state index is 0.112. The van der Waals surface area contributed by atoms with Gasteiger partial charge < -0.3 is 15.2 Å². The second-order valence-corrected chi connectivity index (χ2v) is 5.35. The summed E-state index contributed by atoms with van der Waals surface area (Å²) >= 11 is 1.06. The third kappa shape index (κ3) is 4.32. The van der Waals surface area contributed by atoms with Crippen LogP contribution in [0.1, 0.15) is 28.2 Å². The first kappa shape index (κ1) is 15.1. The van der Waals surface area contributed by atoms with Gasteiger partial charge in [-0.25, -0.2) is 4.79 Å². The lowest BCUT2D eigenvalue weighted by Gasteiger charge is -2.14. The van der Waals surface area contributed by atoms with E-state index in [0.29, 0.717) is 5.75 Å². The van der Waals surface area contributed by atoms with Crippen LogP contribution in [0.3, 0.4) is 0 Å². The van der Waals surface area contributed by atoms with Crippen LogP contribution in [0, 0.1) is 0 Å². The molecule has 0 aliphatic heterocycles. The summed E-state index contributed by atoms with van der Waals surface area (Å²) in [5.41, 5.74) is 1.01. The third-order valence-electron chi connectivity index (χ3n) is 2.83. The van der Waals surface area contributed by atoms with Crippen LogP contribution < -0.4 is 10.1 Å². The van der Waals surface area contributed by atoms with Gasteiger partial charge in [-0.3, -0.25) is 4.79 Å². The first-order valence-electron chi connectivity index (χ1n) is 6.35. The number of ether oxygens (including phenoxy) is 1. The number of rotatable bonds is 6. The standard InChI is InChI=1S/C15H15NO4S/c1-10(11-5-3-2-4-6-11)16-14(17)8-20-12-7-13(15(18)19)21-9-12/h2-7,9-10H,8H2,1H3,(H,16,17)(H,18,19). The highest BCUT2D eigenvalue weighted by Gasteiger charge is 2.11. The zero-order valence-corrected chi connectivity index (χ0v) is 12.2. The topological polar surface area (TPSA) is 75.6 Å². The van der Waals surface area contributed by atoms with E-state index in [9.17, 15) is 9.59 Å². The van der Waals surface area contributed by atoms with E-state index in [1.807, 2.05) is 37.3 Å². The molecule has 5 nitrogen and oxygen atoms in total. The van der Waals surface area contributed by atoms with Crippen LogP contribution >= 0.6 is 11.3 Å². The van der Waals surface area contributed by atoms with Crippen molar-refractivity contribution in [3.05, 3.63) is 52.2 Å². The number of carboxylic acid groups (broad SMARTS) is 1. The van der Waals surface area contributed by atoms with Gasteiger partial charge in [-0.2, -0.15) is 0 Å². The van der Waals surface area contributed by atoms with Gasteiger partial charge in [-0.1, -0.05) is 30.3 Å². The predicted molar refractivity (Wildman–Crippen MR) is 79.8 cm³/mol. The second kappa shape index (κ2) is 6.90.